The number of hydrogen-bond acceptors (Lipinski definition) is 4. The number of nitrogens with zero attached hydrogens (tertiary/aromatic N) is 2. The maximum Gasteiger partial charge on any atom is 0.325 e. The lowest BCUT2D eigenvalue weighted by atomic mass is 10.2. The number of carbonyl (C=O) groups excluding carboxylic acids is 2. The van der Waals surface area contributed by atoms with Crippen LogP contribution in [0, 0.1) is 3.57 Å². The Morgan fingerprint density at radius 1 is 1.08 bits per heavy atom. The highest BCUT2D eigenvalue weighted by Crippen LogP contribution is 2.11. The van der Waals surface area contributed by atoms with Crippen molar-refractivity contribution in [2.75, 3.05) is 6.54 Å². The van der Waals surface area contributed by atoms with Crippen LogP contribution in [0.15, 0.2) is 67.0 Å². The zero-order valence-corrected chi connectivity index (χ0v) is 15.9. The van der Waals surface area contributed by atoms with E-state index < -0.39 is 5.97 Å². The number of halogens is 1. The summed E-state index contributed by atoms with van der Waals surface area (Å²) in [5.41, 5.74) is 2.32. The first kappa shape index (κ1) is 18.1. The fourth-order valence-electron chi connectivity index (χ4n) is 2.27. The summed E-state index contributed by atoms with van der Waals surface area (Å²) in [6, 6.07) is 16.6. The smallest absolute Gasteiger partial charge is 0.325 e. The van der Waals surface area contributed by atoms with Crippen LogP contribution in [-0.4, -0.2) is 28.2 Å². The Balaban J connectivity index is 1.47. The van der Waals surface area contributed by atoms with E-state index >= 15 is 0 Å². The number of esters is 1. The van der Waals surface area contributed by atoms with Crippen molar-refractivity contribution in [1.82, 2.24) is 15.1 Å². The van der Waals surface area contributed by atoms with Gasteiger partial charge in [0, 0.05) is 16.0 Å². The largest absolute Gasteiger partial charge is 0.460 e. The van der Waals surface area contributed by atoms with Crippen molar-refractivity contribution >= 4 is 34.5 Å². The molecule has 6 nitrogen and oxygen atoms in total. The van der Waals surface area contributed by atoms with Gasteiger partial charge < -0.3 is 10.1 Å². The Kier molecular flexibility index (Phi) is 6.00. The van der Waals surface area contributed by atoms with Crippen molar-refractivity contribution in [3.63, 3.8) is 0 Å². The van der Waals surface area contributed by atoms with Crippen LogP contribution in [0.1, 0.15) is 15.9 Å². The average Bonchev–Trinajstić information content (AvgIpc) is 3.20. The van der Waals surface area contributed by atoms with Crippen LogP contribution in [0.25, 0.3) is 5.69 Å². The zero-order chi connectivity index (χ0) is 18.4. The molecule has 0 spiro atoms. The number of aromatic nitrogens is 2. The number of benzene rings is 2. The molecule has 3 aromatic rings. The summed E-state index contributed by atoms with van der Waals surface area (Å²) in [6.45, 7) is -0.0217. The minimum absolute atomic E-state index is 0.150. The molecule has 2 aromatic carbocycles. The fraction of sp³-hybridized carbons (Fsp3) is 0.105. The molecule has 132 valence electrons. The number of ether oxygens (including phenoxy) is 1. The lowest BCUT2D eigenvalue weighted by Crippen LogP contribution is -2.31. The second-order valence-electron chi connectivity index (χ2n) is 5.44. The van der Waals surface area contributed by atoms with E-state index in [1.807, 2.05) is 48.7 Å². The van der Waals surface area contributed by atoms with Gasteiger partial charge in [-0.3, -0.25) is 9.59 Å². The minimum Gasteiger partial charge on any atom is -0.460 e. The molecule has 26 heavy (non-hydrogen) atoms. The number of carbonyl (C=O) groups is 2. The monoisotopic (exact) mass is 461 g/mol. The van der Waals surface area contributed by atoms with Gasteiger partial charge in [0.05, 0.1) is 11.3 Å². The highest BCUT2D eigenvalue weighted by Gasteiger charge is 2.11. The Morgan fingerprint density at radius 3 is 2.54 bits per heavy atom. The predicted octanol–water partition coefficient (Wildman–Crippen LogP) is 2.95. The molecule has 0 fully saturated rings. The van der Waals surface area contributed by atoms with E-state index in [4.69, 9.17) is 4.74 Å². The molecular weight excluding hydrogens is 445 g/mol. The van der Waals surface area contributed by atoms with Crippen LogP contribution >= 0.6 is 22.6 Å². The molecule has 0 bridgehead atoms. The van der Waals surface area contributed by atoms with Crippen LogP contribution in [-0.2, 0) is 16.1 Å². The number of hydrogen-bond donors (Lipinski definition) is 1. The second kappa shape index (κ2) is 8.61. The predicted molar refractivity (Wildman–Crippen MR) is 105 cm³/mol. The SMILES string of the molecule is O=C(CNC(=O)c1ccccc1I)OCc1ccc(-n2cccn2)cc1. The summed E-state index contributed by atoms with van der Waals surface area (Å²) in [7, 11) is 0. The maximum atomic E-state index is 12.1. The average molecular weight is 461 g/mol. The third-order valence-electron chi connectivity index (χ3n) is 3.62. The minimum atomic E-state index is -0.486. The van der Waals surface area contributed by atoms with E-state index in [1.165, 1.54) is 0 Å². The van der Waals surface area contributed by atoms with Gasteiger partial charge in [-0.15, -0.1) is 0 Å². The Bertz CT molecular complexity index is 893. The van der Waals surface area contributed by atoms with E-state index in [2.05, 4.69) is 33.0 Å². The van der Waals surface area contributed by atoms with Crippen molar-refractivity contribution in [2.45, 2.75) is 6.61 Å². The molecule has 0 aliphatic carbocycles. The number of rotatable bonds is 6. The summed E-state index contributed by atoms with van der Waals surface area (Å²) in [6.07, 6.45) is 3.56. The highest BCUT2D eigenvalue weighted by atomic mass is 127. The molecule has 3 rings (SSSR count). The molecule has 7 heteroatoms. The molecule has 0 saturated heterocycles. The van der Waals surface area contributed by atoms with Crippen molar-refractivity contribution in [2.24, 2.45) is 0 Å². The molecule has 0 aliphatic rings. The zero-order valence-electron chi connectivity index (χ0n) is 13.8. The standard InChI is InChI=1S/C19H16IN3O3/c20-17-5-2-1-4-16(17)19(25)21-12-18(24)26-13-14-6-8-15(9-7-14)23-11-3-10-22-23/h1-11H,12-13H2,(H,21,25). The van der Waals surface area contributed by atoms with Gasteiger partial charge in [0.2, 0.25) is 0 Å². The maximum absolute atomic E-state index is 12.1. The van der Waals surface area contributed by atoms with Gasteiger partial charge in [-0.05, 0) is 58.5 Å². The van der Waals surface area contributed by atoms with Crippen molar-refractivity contribution < 1.29 is 14.3 Å². The van der Waals surface area contributed by atoms with Gasteiger partial charge in [0.25, 0.3) is 5.91 Å². The van der Waals surface area contributed by atoms with Gasteiger partial charge >= 0.3 is 5.97 Å². The Morgan fingerprint density at radius 2 is 1.85 bits per heavy atom. The first-order valence-electron chi connectivity index (χ1n) is 7.91. The molecule has 0 aliphatic heterocycles. The topological polar surface area (TPSA) is 73.2 Å². The van der Waals surface area contributed by atoms with E-state index in [1.54, 1.807) is 23.0 Å². The first-order valence-corrected chi connectivity index (χ1v) is 8.98. The van der Waals surface area contributed by atoms with Gasteiger partial charge in [0.1, 0.15) is 13.2 Å². The molecule has 1 heterocycles. The van der Waals surface area contributed by atoms with E-state index in [0.29, 0.717) is 5.56 Å². The van der Waals surface area contributed by atoms with Crippen molar-refractivity contribution in [1.29, 1.82) is 0 Å². The third-order valence-corrected chi connectivity index (χ3v) is 4.56. The van der Waals surface area contributed by atoms with Gasteiger partial charge in [0.15, 0.2) is 0 Å². The quantitative estimate of drug-likeness (QED) is 0.453. The third kappa shape index (κ3) is 4.69. The van der Waals surface area contributed by atoms with Crippen LogP contribution in [0.3, 0.4) is 0 Å². The first-order chi connectivity index (χ1) is 12.6. The van der Waals surface area contributed by atoms with E-state index in [0.717, 1.165) is 14.8 Å². The molecule has 0 radical (unpaired) electrons. The molecule has 1 amide bonds. The van der Waals surface area contributed by atoms with Crippen LogP contribution < -0.4 is 5.32 Å². The normalized spacial score (nSPS) is 10.3. The molecular formula is C19H16IN3O3. The van der Waals surface area contributed by atoms with E-state index in [-0.39, 0.29) is 19.1 Å². The van der Waals surface area contributed by atoms with Gasteiger partial charge in [-0.2, -0.15) is 5.10 Å². The molecule has 1 aromatic heterocycles. The number of nitrogens with one attached hydrogen (secondary N) is 1. The van der Waals surface area contributed by atoms with Crippen molar-refractivity contribution in [3.05, 3.63) is 81.7 Å². The molecule has 0 atom stereocenters. The molecule has 1 N–H and O–H groups in total. The highest BCUT2D eigenvalue weighted by molar-refractivity contribution is 14.1. The summed E-state index contributed by atoms with van der Waals surface area (Å²) in [4.78, 5) is 23.9. The lowest BCUT2D eigenvalue weighted by molar-refractivity contribution is -0.143. The summed E-state index contributed by atoms with van der Waals surface area (Å²) in [5, 5.41) is 6.73. The Hall–Kier alpha value is -2.68. The molecule has 0 saturated carbocycles. The lowest BCUT2D eigenvalue weighted by Gasteiger charge is -2.08. The van der Waals surface area contributed by atoms with Crippen LogP contribution in [0.5, 0.6) is 0 Å². The van der Waals surface area contributed by atoms with Crippen LogP contribution in [0.4, 0.5) is 0 Å². The van der Waals surface area contributed by atoms with Gasteiger partial charge in [-0.25, -0.2) is 4.68 Å². The van der Waals surface area contributed by atoms with E-state index in [9.17, 15) is 9.59 Å². The summed E-state index contributed by atoms with van der Waals surface area (Å²) in [5.74, 6) is -0.782. The van der Waals surface area contributed by atoms with Gasteiger partial charge in [-0.1, -0.05) is 24.3 Å². The second-order valence-corrected chi connectivity index (χ2v) is 6.60. The summed E-state index contributed by atoms with van der Waals surface area (Å²) >= 11 is 2.08. The molecule has 0 unspecified atom stereocenters. The fourth-order valence-corrected chi connectivity index (χ4v) is 2.91. The van der Waals surface area contributed by atoms with Crippen LogP contribution in [0.2, 0.25) is 0 Å². The summed E-state index contributed by atoms with van der Waals surface area (Å²) < 4.78 is 7.77. The Labute approximate surface area is 164 Å². The van der Waals surface area contributed by atoms with Crippen molar-refractivity contribution in [3.8, 4) is 5.69 Å². The number of amides is 1.